The highest BCUT2D eigenvalue weighted by atomic mass is 28.4. The zero-order chi connectivity index (χ0) is 26.7. The SMILES string of the molecule is C=CC(=C)COC[C@H]1[C@@H]2CC[C@@](CO[Si](c3ccccc3)(c3ccccc3)C(C)(C)C)(O2)[C@H]1C(=O)C=C. The molecule has 0 N–H and O–H groups in total. The zero-order valence-corrected chi connectivity index (χ0v) is 23.5. The first-order valence-electron chi connectivity index (χ1n) is 13.2. The summed E-state index contributed by atoms with van der Waals surface area (Å²) in [5.41, 5.74) is 0.132. The van der Waals surface area contributed by atoms with Crippen LogP contribution in [0.5, 0.6) is 0 Å². The molecule has 2 aromatic rings. The molecule has 0 aromatic heterocycles. The fourth-order valence-electron chi connectivity index (χ4n) is 6.31. The van der Waals surface area contributed by atoms with Crippen LogP contribution in [0.3, 0.4) is 0 Å². The topological polar surface area (TPSA) is 44.8 Å². The summed E-state index contributed by atoms with van der Waals surface area (Å²) in [6.07, 6.45) is 4.78. The van der Waals surface area contributed by atoms with E-state index in [-0.39, 0.29) is 28.8 Å². The van der Waals surface area contributed by atoms with E-state index in [2.05, 4.69) is 89.0 Å². The van der Waals surface area contributed by atoms with Crippen molar-refractivity contribution in [1.29, 1.82) is 0 Å². The van der Waals surface area contributed by atoms with Crippen molar-refractivity contribution in [3.63, 3.8) is 0 Å². The number of hydrogen-bond acceptors (Lipinski definition) is 4. The molecule has 4 atom stereocenters. The van der Waals surface area contributed by atoms with Gasteiger partial charge in [-0.2, -0.15) is 0 Å². The molecule has 2 aromatic carbocycles. The minimum absolute atomic E-state index is 0.00407. The van der Waals surface area contributed by atoms with Gasteiger partial charge in [0, 0.05) is 5.92 Å². The van der Waals surface area contributed by atoms with Crippen molar-refractivity contribution in [3.05, 3.63) is 98.1 Å². The third-order valence-corrected chi connectivity index (χ3v) is 13.0. The van der Waals surface area contributed by atoms with Gasteiger partial charge in [-0.05, 0) is 39.9 Å². The van der Waals surface area contributed by atoms with E-state index in [4.69, 9.17) is 13.9 Å². The maximum absolute atomic E-state index is 13.3. The fraction of sp³-hybridized carbons (Fsp3) is 0.406. The molecule has 4 rings (SSSR count). The Bertz CT molecular complexity index is 1080. The summed E-state index contributed by atoms with van der Waals surface area (Å²) in [4.78, 5) is 13.3. The molecule has 2 heterocycles. The minimum atomic E-state index is -2.77. The number of allylic oxidation sites excluding steroid dienone is 1. The van der Waals surface area contributed by atoms with Crippen molar-refractivity contribution in [3.8, 4) is 0 Å². The number of benzene rings is 2. The van der Waals surface area contributed by atoms with Gasteiger partial charge in [0.25, 0.3) is 8.32 Å². The first-order valence-corrected chi connectivity index (χ1v) is 15.1. The van der Waals surface area contributed by atoms with Crippen LogP contribution in [0.2, 0.25) is 5.04 Å². The lowest BCUT2D eigenvalue weighted by Gasteiger charge is -2.45. The van der Waals surface area contributed by atoms with E-state index in [1.165, 1.54) is 16.4 Å². The van der Waals surface area contributed by atoms with Crippen LogP contribution >= 0.6 is 0 Å². The van der Waals surface area contributed by atoms with Crippen molar-refractivity contribution in [2.24, 2.45) is 11.8 Å². The van der Waals surface area contributed by atoms with Crippen LogP contribution in [0, 0.1) is 11.8 Å². The Labute approximate surface area is 223 Å². The largest absolute Gasteiger partial charge is 0.404 e. The van der Waals surface area contributed by atoms with Gasteiger partial charge in [0.1, 0.15) is 5.60 Å². The summed E-state index contributed by atoms with van der Waals surface area (Å²) in [5.74, 6) is -0.386. The number of fused-ring (bicyclic) bond motifs is 2. The number of ether oxygens (including phenoxy) is 2. The third-order valence-electron chi connectivity index (χ3n) is 8.05. The summed E-state index contributed by atoms with van der Waals surface area (Å²) in [5, 5.41) is 2.27. The summed E-state index contributed by atoms with van der Waals surface area (Å²) in [6.45, 7) is 19.5. The molecule has 0 aliphatic carbocycles. The number of hydrogen-bond donors (Lipinski definition) is 0. The first-order chi connectivity index (χ1) is 17.7. The Kier molecular flexibility index (Phi) is 8.19. The Morgan fingerprint density at radius 2 is 1.65 bits per heavy atom. The molecule has 0 amide bonds. The van der Waals surface area contributed by atoms with Crippen molar-refractivity contribution < 1.29 is 18.7 Å². The van der Waals surface area contributed by atoms with E-state index in [1.807, 2.05) is 12.1 Å². The first kappa shape index (κ1) is 27.5. The van der Waals surface area contributed by atoms with Crippen LogP contribution in [0.15, 0.2) is 98.1 Å². The molecule has 4 nitrogen and oxygen atoms in total. The maximum atomic E-state index is 13.3. The molecule has 2 saturated heterocycles. The lowest BCUT2D eigenvalue weighted by Crippen LogP contribution is -2.68. The summed E-state index contributed by atoms with van der Waals surface area (Å²) >= 11 is 0. The summed E-state index contributed by atoms with van der Waals surface area (Å²) < 4.78 is 19.9. The van der Waals surface area contributed by atoms with Gasteiger partial charge in [-0.15, -0.1) is 0 Å². The van der Waals surface area contributed by atoms with Gasteiger partial charge in [0.2, 0.25) is 0 Å². The molecule has 37 heavy (non-hydrogen) atoms. The van der Waals surface area contributed by atoms with Crippen molar-refractivity contribution in [2.75, 3.05) is 19.8 Å². The molecular weight excluding hydrogens is 476 g/mol. The number of ketones is 1. The zero-order valence-electron chi connectivity index (χ0n) is 22.5. The van der Waals surface area contributed by atoms with Crippen LogP contribution in [-0.2, 0) is 18.7 Å². The maximum Gasteiger partial charge on any atom is 0.261 e. The molecule has 2 bridgehead atoms. The molecule has 0 radical (unpaired) electrons. The lowest BCUT2D eigenvalue weighted by atomic mass is 9.70. The Morgan fingerprint density at radius 3 is 2.16 bits per heavy atom. The predicted octanol–water partition coefficient (Wildman–Crippen LogP) is 5.24. The second-order valence-corrected chi connectivity index (χ2v) is 15.6. The van der Waals surface area contributed by atoms with E-state index >= 15 is 0 Å². The van der Waals surface area contributed by atoms with Crippen molar-refractivity contribution in [2.45, 2.75) is 50.4 Å². The molecule has 2 fully saturated rings. The molecule has 5 heteroatoms. The number of carbonyl (C=O) groups is 1. The minimum Gasteiger partial charge on any atom is -0.404 e. The van der Waals surface area contributed by atoms with Gasteiger partial charge in [0.05, 0.1) is 31.8 Å². The van der Waals surface area contributed by atoms with Gasteiger partial charge in [-0.3, -0.25) is 4.79 Å². The van der Waals surface area contributed by atoms with Crippen LogP contribution in [0.4, 0.5) is 0 Å². The van der Waals surface area contributed by atoms with Gasteiger partial charge in [-0.1, -0.05) is 107 Å². The summed E-state index contributed by atoms with van der Waals surface area (Å²) in [7, 11) is -2.77. The molecule has 196 valence electrons. The molecule has 0 spiro atoms. The van der Waals surface area contributed by atoms with Gasteiger partial charge in [0.15, 0.2) is 5.78 Å². The highest BCUT2D eigenvalue weighted by molar-refractivity contribution is 6.99. The highest BCUT2D eigenvalue weighted by Crippen LogP contribution is 2.53. The second kappa shape index (κ2) is 11.0. The van der Waals surface area contributed by atoms with E-state index in [0.29, 0.717) is 19.8 Å². The van der Waals surface area contributed by atoms with Crippen molar-refractivity contribution in [1.82, 2.24) is 0 Å². The highest BCUT2D eigenvalue weighted by Gasteiger charge is 2.63. The summed E-state index contributed by atoms with van der Waals surface area (Å²) in [6, 6.07) is 21.2. The molecule has 0 saturated carbocycles. The van der Waals surface area contributed by atoms with E-state index < -0.39 is 13.9 Å². The standard InChI is InChI=1S/C32H40O4Si/c1-7-24(3)21-34-22-27-29-19-20-32(36-29,30(27)28(33)8-2)23-35-37(31(4,5)6,25-15-11-9-12-16-25)26-17-13-10-14-18-26/h7-18,27,29-30H,1-3,19-23H2,4-6H3/t27-,29-,30+,32-/m0/s1. The van der Waals surface area contributed by atoms with Crippen LogP contribution in [0.1, 0.15) is 33.6 Å². The third kappa shape index (κ3) is 5.10. The Balaban J connectivity index is 1.70. The van der Waals surface area contributed by atoms with E-state index in [1.54, 1.807) is 6.08 Å². The predicted molar refractivity (Wildman–Crippen MR) is 153 cm³/mol. The molecule has 2 aliphatic rings. The average molecular weight is 517 g/mol. The van der Waals surface area contributed by atoms with Gasteiger partial charge < -0.3 is 13.9 Å². The lowest BCUT2D eigenvalue weighted by molar-refractivity contribution is -0.127. The van der Waals surface area contributed by atoms with Crippen LogP contribution < -0.4 is 10.4 Å². The smallest absolute Gasteiger partial charge is 0.261 e. The second-order valence-electron chi connectivity index (χ2n) is 11.3. The number of carbonyl (C=O) groups excluding carboxylic acids is 1. The van der Waals surface area contributed by atoms with E-state index in [9.17, 15) is 4.79 Å². The Morgan fingerprint density at radius 1 is 1.05 bits per heavy atom. The average Bonchev–Trinajstić information content (AvgIpc) is 3.46. The molecule has 0 unspecified atom stereocenters. The number of rotatable bonds is 12. The Hall–Kier alpha value is -2.57. The van der Waals surface area contributed by atoms with Crippen LogP contribution in [0.25, 0.3) is 0 Å². The monoisotopic (exact) mass is 516 g/mol. The van der Waals surface area contributed by atoms with Gasteiger partial charge in [-0.25, -0.2) is 0 Å². The van der Waals surface area contributed by atoms with Gasteiger partial charge >= 0.3 is 0 Å². The van der Waals surface area contributed by atoms with E-state index in [0.717, 1.165) is 18.4 Å². The fourth-order valence-corrected chi connectivity index (χ4v) is 10.9. The quantitative estimate of drug-likeness (QED) is 0.220. The normalized spacial score (nSPS) is 25.1. The van der Waals surface area contributed by atoms with Crippen molar-refractivity contribution >= 4 is 24.5 Å². The molecule has 2 aliphatic heterocycles. The van der Waals surface area contributed by atoms with Crippen LogP contribution in [-0.4, -0.2) is 45.6 Å². The molecular formula is C32H40O4Si.